The fraction of sp³-hybridized carbons (Fsp3) is 0.611. The lowest BCUT2D eigenvalue weighted by Gasteiger charge is -2.29. The van der Waals surface area contributed by atoms with E-state index < -0.39 is 5.97 Å². The highest BCUT2D eigenvalue weighted by Gasteiger charge is 2.23. The Balaban J connectivity index is 1.55. The molecule has 0 aliphatic heterocycles. The van der Waals surface area contributed by atoms with E-state index in [9.17, 15) is 9.59 Å². The Morgan fingerprint density at radius 2 is 2.08 bits per heavy atom. The van der Waals surface area contributed by atoms with Crippen molar-refractivity contribution < 1.29 is 14.3 Å². The number of rotatable bonds is 5. The first-order valence-corrected chi connectivity index (χ1v) is 9.06. The SMILES string of the molecule is Cc1nc2ncnn2c(C)c1CC(=O)OCC(=O)N[C@@H]1CCCC[C@@H]1C. The third-order valence-corrected chi connectivity index (χ3v) is 5.13. The zero-order valence-corrected chi connectivity index (χ0v) is 15.5. The molecule has 0 saturated heterocycles. The quantitative estimate of drug-likeness (QED) is 0.813. The van der Waals surface area contributed by atoms with Crippen LogP contribution in [-0.4, -0.2) is 44.1 Å². The van der Waals surface area contributed by atoms with Crippen LogP contribution in [-0.2, 0) is 20.7 Å². The molecule has 3 rings (SSSR count). The normalized spacial score (nSPS) is 20.1. The summed E-state index contributed by atoms with van der Waals surface area (Å²) in [5.74, 6) is 0.270. The van der Waals surface area contributed by atoms with Gasteiger partial charge in [0.25, 0.3) is 11.7 Å². The Morgan fingerprint density at radius 3 is 2.85 bits per heavy atom. The molecule has 0 spiro atoms. The van der Waals surface area contributed by atoms with Gasteiger partial charge in [0.15, 0.2) is 6.61 Å². The third kappa shape index (κ3) is 4.00. The number of nitrogens with one attached hydrogen (secondary N) is 1. The van der Waals surface area contributed by atoms with Crippen LogP contribution in [0, 0.1) is 19.8 Å². The Morgan fingerprint density at radius 1 is 1.31 bits per heavy atom. The number of esters is 1. The molecule has 1 aliphatic carbocycles. The monoisotopic (exact) mass is 359 g/mol. The number of nitrogens with zero attached hydrogens (tertiary/aromatic N) is 4. The van der Waals surface area contributed by atoms with Gasteiger partial charge >= 0.3 is 5.97 Å². The molecule has 1 saturated carbocycles. The highest BCUT2D eigenvalue weighted by atomic mass is 16.5. The molecule has 1 fully saturated rings. The van der Waals surface area contributed by atoms with Gasteiger partial charge in [0.05, 0.1) is 6.42 Å². The number of amides is 1. The zero-order valence-electron chi connectivity index (χ0n) is 15.5. The number of aromatic nitrogens is 4. The van der Waals surface area contributed by atoms with Crippen molar-refractivity contribution >= 4 is 17.7 Å². The van der Waals surface area contributed by atoms with E-state index in [0.29, 0.717) is 17.4 Å². The summed E-state index contributed by atoms with van der Waals surface area (Å²) < 4.78 is 6.75. The van der Waals surface area contributed by atoms with E-state index in [4.69, 9.17) is 4.74 Å². The first-order chi connectivity index (χ1) is 12.5. The lowest BCUT2D eigenvalue weighted by atomic mass is 9.86. The van der Waals surface area contributed by atoms with E-state index in [1.165, 1.54) is 12.7 Å². The van der Waals surface area contributed by atoms with Crippen molar-refractivity contribution in [1.29, 1.82) is 0 Å². The summed E-state index contributed by atoms with van der Waals surface area (Å²) in [5.41, 5.74) is 2.25. The topological polar surface area (TPSA) is 98.5 Å². The van der Waals surface area contributed by atoms with Crippen LogP contribution >= 0.6 is 0 Å². The Kier molecular flexibility index (Phi) is 5.49. The van der Waals surface area contributed by atoms with Crippen LogP contribution in [0.25, 0.3) is 5.78 Å². The van der Waals surface area contributed by atoms with Crippen molar-refractivity contribution in [3.05, 3.63) is 23.3 Å². The summed E-state index contributed by atoms with van der Waals surface area (Å²) in [7, 11) is 0. The van der Waals surface area contributed by atoms with Gasteiger partial charge in [-0.3, -0.25) is 9.59 Å². The van der Waals surface area contributed by atoms with Gasteiger partial charge in [0.2, 0.25) is 0 Å². The van der Waals surface area contributed by atoms with Crippen LogP contribution in [0.2, 0.25) is 0 Å². The van der Waals surface area contributed by atoms with Gasteiger partial charge in [-0.15, -0.1) is 0 Å². The molecule has 0 bridgehead atoms. The average molecular weight is 359 g/mol. The highest BCUT2D eigenvalue weighted by molar-refractivity contribution is 5.81. The van der Waals surface area contributed by atoms with E-state index in [1.54, 1.807) is 4.52 Å². The van der Waals surface area contributed by atoms with Crippen LogP contribution in [0.4, 0.5) is 0 Å². The molecule has 0 radical (unpaired) electrons. The summed E-state index contributed by atoms with van der Waals surface area (Å²) in [4.78, 5) is 32.6. The molecular weight excluding hydrogens is 334 g/mol. The Labute approximate surface area is 152 Å². The lowest BCUT2D eigenvalue weighted by molar-refractivity contribution is -0.148. The van der Waals surface area contributed by atoms with Gasteiger partial charge in [-0.1, -0.05) is 19.8 Å². The highest BCUT2D eigenvalue weighted by Crippen LogP contribution is 2.23. The zero-order chi connectivity index (χ0) is 18.7. The predicted octanol–water partition coefficient (Wildman–Crippen LogP) is 1.52. The third-order valence-electron chi connectivity index (χ3n) is 5.13. The second-order valence-corrected chi connectivity index (χ2v) is 7.01. The summed E-state index contributed by atoms with van der Waals surface area (Å²) >= 11 is 0. The molecule has 26 heavy (non-hydrogen) atoms. The number of carbonyl (C=O) groups excluding carboxylic acids is 2. The summed E-state index contributed by atoms with van der Waals surface area (Å²) in [5, 5.41) is 7.08. The molecule has 2 aromatic heterocycles. The largest absolute Gasteiger partial charge is 0.455 e. The molecule has 1 N–H and O–H groups in total. The van der Waals surface area contributed by atoms with Crippen molar-refractivity contribution in [2.45, 2.75) is 58.9 Å². The van der Waals surface area contributed by atoms with Crippen molar-refractivity contribution in [2.24, 2.45) is 5.92 Å². The van der Waals surface area contributed by atoms with E-state index >= 15 is 0 Å². The molecule has 2 aromatic rings. The minimum atomic E-state index is -0.454. The number of hydrogen-bond donors (Lipinski definition) is 1. The molecule has 0 unspecified atom stereocenters. The van der Waals surface area contributed by atoms with E-state index in [2.05, 4.69) is 27.3 Å². The smallest absolute Gasteiger partial charge is 0.310 e. The molecule has 1 amide bonds. The molecule has 8 heteroatoms. The van der Waals surface area contributed by atoms with Crippen LogP contribution in [0.5, 0.6) is 0 Å². The number of carbonyl (C=O) groups is 2. The van der Waals surface area contributed by atoms with Crippen molar-refractivity contribution in [3.63, 3.8) is 0 Å². The minimum absolute atomic E-state index is 0.0492. The maximum absolute atomic E-state index is 12.2. The standard InChI is InChI=1S/C18H25N5O3/c1-11-6-4-5-7-15(11)22-16(24)9-26-17(25)8-14-12(2)21-18-19-10-20-23(18)13(14)3/h10-11,15H,4-9H2,1-3H3,(H,22,24)/t11-,15+/m0/s1. The number of fused-ring (bicyclic) bond motifs is 1. The Hall–Kier alpha value is -2.51. The maximum Gasteiger partial charge on any atom is 0.310 e. The summed E-state index contributed by atoms with van der Waals surface area (Å²) in [6, 6.07) is 0.179. The van der Waals surface area contributed by atoms with E-state index in [1.807, 2.05) is 13.8 Å². The molecule has 1 aliphatic rings. The number of hydrogen-bond acceptors (Lipinski definition) is 6. The average Bonchev–Trinajstić information content (AvgIpc) is 3.07. The van der Waals surface area contributed by atoms with Crippen molar-refractivity contribution in [2.75, 3.05) is 6.61 Å². The van der Waals surface area contributed by atoms with Crippen molar-refractivity contribution in [3.8, 4) is 0 Å². The first-order valence-electron chi connectivity index (χ1n) is 9.06. The lowest BCUT2D eigenvalue weighted by Crippen LogP contribution is -2.43. The minimum Gasteiger partial charge on any atom is -0.455 e. The van der Waals surface area contributed by atoms with E-state index in [-0.39, 0.29) is 25.0 Å². The van der Waals surface area contributed by atoms with Gasteiger partial charge in [0, 0.05) is 23.0 Å². The summed E-state index contributed by atoms with van der Waals surface area (Å²) in [6.45, 7) is 5.58. The van der Waals surface area contributed by atoms with Crippen molar-refractivity contribution in [1.82, 2.24) is 24.9 Å². The first kappa shape index (κ1) is 18.3. The van der Waals surface area contributed by atoms with E-state index in [0.717, 1.165) is 30.5 Å². The second kappa shape index (κ2) is 7.80. The van der Waals surface area contributed by atoms with Gasteiger partial charge in [-0.2, -0.15) is 10.1 Å². The molecule has 8 nitrogen and oxygen atoms in total. The second-order valence-electron chi connectivity index (χ2n) is 7.01. The van der Waals surface area contributed by atoms with Gasteiger partial charge < -0.3 is 10.1 Å². The Bertz CT molecular complexity index is 817. The van der Waals surface area contributed by atoms with Crippen LogP contribution in [0.15, 0.2) is 6.33 Å². The van der Waals surface area contributed by atoms with Gasteiger partial charge in [0.1, 0.15) is 6.33 Å². The van der Waals surface area contributed by atoms with Crippen LogP contribution < -0.4 is 5.32 Å². The maximum atomic E-state index is 12.2. The number of aryl methyl sites for hydroxylation is 2. The molecule has 2 atom stereocenters. The predicted molar refractivity (Wildman–Crippen MR) is 94.5 cm³/mol. The van der Waals surface area contributed by atoms with Crippen LogP contribution in [0.3, 0.4) is 0 Å². The van der Waals surface area contributed by atoms with Gasteiger partial charge in [-0.25, -0.2) is 9.50 Å². The molecule has 0 aromatic carbocycles. The molecule has 140 valence electrons. The van der Waals surface area contributed by atoms with Crippen LogP contribution in [0.1, 0.15) is 49.6 Å². The molecule has 2 heterocycles. The molecular formula is C18H25N5O3. The van der Waals surface area contributed by atoms with Gasteiger partial charge in [-0.05, 0) is 32.6 Å². The fourth-order valence-corrected chi connectivity index (χ4v) is 3.53. The number of ether oxygens (including phenoxy) is 1. The fourth-order valence-electron chi connectivity index (χ4n) is 3.53. The summed E-state index contributed by atoms with van der Waals surface area (Å²) in [6.07, 6.45) is 5.93.